The lowest BCUT2D eigenvalue weighted by molar-refractivity contribution is -0.145. The van der Waals surface area contributed by atoms with E-state index in [1.54, 1.807) is 44.3 Å². The molecule has 2 aromatic carbocycles. The number of benzene rings is 2. The smallest absolute Gasteiger partial charge is 0.326 e. The highest BCUT2D eigenvalue weighted by Gasteiger charge is 2.43. The van der Waals surface area contributed by atoms with E-state index in [1.165, 1.54) is 52.0 Å². The molecule has 0 spiro atoms. The molecule has 44 nitrogen and oxygen atoms in total. The Labute approximate surface area is 731 Å². The molecule has 1 aromatic heterocycles. The molecule has 1 aliphatic heterocycles. The van der Waals surface area contributed by atoms with Crippen LogP contribution in [0.15, 0.2) is 54.7 Å². The van der Waals surface area contributed by atoms with E-state index in [0.29, 0.717) is 28.5 Å². The first-order chi connectivity index (χ1) is 58.8. The van der Waals surface area contributed by atoms with Gasteiger partial charge in [0.2, 0.25) is 94.5 Å². The number of aliphatic hydroxyl groups excluding tert-OH is 2. The molecule has 16 atom stereocenters. The summed E-state index contributed by atoms with van der Waals surface area (Å²) in [5, 5.41) is 94.8. The van der Waals surface area contributed by atoms with Crippen molar-refractivity contribution in [1.82, 2.24) is 84.3 Å². The Morgan fingerprint density at radius 2 is 0.968 bits per heavy atom. The number of likely N-dealkylation sites (tertiary alicyclic amines) is 1. The van der Waals surface area contributed by atoms with Crippen LogP contribution in [0, 0.1) is 17.8 Å². The first kappa shape index (κ1) is 106. The van der Waals surface area contributed by atoms with Gasteiger partial charge in [-0.25, -0.2) is 4.79 Å². The Balaban J connectivity index is 1.44. The van der Waals surface area contributed by atoms with Crippen molar-refractivity contribution in [3.05, 3.63) is 65.9 Å². The van der Waals surface area contributed by atoms with Crippen molar-refractivity contribution >= 4 is 149 Å². The van der Waals surface area contributed by atoms with Crippen molar-refractivity contribution in [1.29, 1.82) is 0 Å². The topological polar surface area (TPSA) is 711 Å². The van der Waals surface area contributed by atoms with Crippen LogP contribution in [-0.4, -0.2) is 287 Å². The van der Waals surface area contributed by atoms with Gasteiger partial charge < -0.3 is 132 Å². The van der Waals surface area contributed by atoms with E-state index in [1.807, 2.05) is 0 Å². The molecule has 4 rings (SSSR count). The first-order valence-electron chi connectivity index (χ1n) is 40.6. The molecular formula is C79H119N19O25S2. The summed E-state index contributed by atoms with van der Waals surface area (Å²) in [7, 11) is 0. The van der Waals surface area contributed by atoms with Crippen molar-refractivity contribution in [3.63, 3.8) is 0 Å². The number of primary amides is 1. The molecule has 46 heteroatoms. The number of hydrogen-bond donors (Lipinski definition) is 26. The van der Waals surface area contributed by atoms with Crippen molar-refractivity contribution in [2.45, 2.75) is 236 Å². The zero-order valence-corrected chi connectivity index (χ0v) is 72.4. The van der Waals surface area contributed by atoms with Crippen LogP contribution in [0.25, 0.3) is 10.9 Å². The molecule has 0 unspecified atom stereocenters. The number of aromatic amines is 1. The number of aliphatic carboxylic acids is 3. The molecule has 2 heterocycles. The van der Waals surface area contributed by atoms with Gasteiger partial charge in [-0.1, -0.05) is 71.9 Å². The fraction of sp³-hybridized carbons (Fsp3) is 0.582. The largest absolute Gasteiger partial charge is 0.508 e. The summed E-state index contributed by atoms with van der Waals surface area (Å²) in [4.78, 5) is 260. The average molecular weight is 1800 g/mol. The number of phenolic OH excluding ortho intramolecular Hbond substituents is 1. The van der Waals surface area contributed by atoms with Gasteiger partial charge in [0.15, 0.2) is 0 Å². The fourth-order valence-corrected chi connectivity index (χ4v) is 13.6. The zero-order valence-electron chi connectivity index (χ0n) is 70.6. The van der Waals surface area contributed by atoms with Crippen LogP contribution < -0.4 is 91.6 Å². The lowest BCUT2D eigenvalue weighted by Crippen LogP contribution is -2.62. The van der Waals surface area contributed by atoms with Crippen LogP contribution in [0.1, 0.15) is 137 Å². The van der Waals surface area contributed by atoms with Gasteiger partial charge in [0.25, 0.3) is 0 Å². The zero-order chi connectivity index (χ0) is 93.8. The summed E-state index contributed by atoms with van der Waals surface area (Å²) in [5.41, 5.74) is 18.6. The van der Waals surface area contributed by atoms with Gasteiger partial charge >= 0.3 is 17.9 Å². The first-order valence-corrected chi connectivity index (χ1v) is 41.9. The molecule has 0 saturated carbocycles. The van der Waals surface area contributed by atoms with Gasteiger partial charge in [0.05, 0.1) is 37.8 Å². The number of carboxylic acids is 3. The van der Waals surface area contributed by atoms with E-state index in [4.69, 9.17) is 17.2 Å². The summed E-state index contributed by atoms with van der Waals surface area (Å²) in [5.74, 6) is -23.1. The van der Waals surface area contributed by atoms with Gasteiger partial charge in [-0.3, -0.25) is 86.3 Å². The Morgan fingerprint density at radius 1 is 0.496 bits per heavy atom. The summed E-state index contributed by atoms with van der Waals surface area (Å²) in [6, 6.07) is -9.54. The number of unbranched alkanes of at least 4 members (excludes halogenated alkanes) is 1. The van der Waals surface area contributed by atoms with E-state index in [0.717, 1.165) is 18.7 Å². The van der Waals surface area contributed by atoms with Crippen LogP contribution in [0.3, 0.4) is 0 Å². The molecule has 0 bridgehead atoms. The van der Waals surface area contributed by atoms with Crippen molar-refractivity contribution in [2.24, 2.45) is 35.0 Å². The van der Waals surface area contributed by atoms with Crippen molar-refractivity contribution in [3.8, 4) is 5.75 Å². The molecule has 125 heavy (non-hydrogen) atoms. The second-order valence-electron chi connectivity index (χ2n) is 31.3. The third kappa shape index (κ3) is 35.1. The van der Waals surface area contributed by atoms with E-state index < -0.39 is 271 Å². The molecule has 16 amide bonds. The lowest BCUT2D eigenvalue weighted by Gasteiger charge is -2.31. The van der Waals surface area contributed by atoms with Crippen molar-refractivity contribution in [2.75, 3.05) is 37.7 Å². The van der Waals surface area contributed by atoms with Crippen LogP contribution in [0.5, 0.6) is 5.75 Å². The number of H-pyrrole nitrogens is 1. The maximum absolute atomic E-state index is 14.3. The van der Waals surface area contributed by atoms with Crippen molar-refractivity contribution < 1.29 is 122 Å². The Kier molecular flexibility index (Phi) is 44.0. The number of rotatable bonds is 54. The molecule has 1 aliphatic rings. The van der Waals surface area contributed by atoms with Gasteiger partial charge in [0, 0.05) is 60.8 Å². The number of aromatic hydroxyl groups is 1. The summed E-state index contributed by atoms with van der Waals surface area (Å²) >= 11 is 8.48. The predicted octanol–water partition coefficient (Wildman–Crippen LogP) is -6.18. The number of aromatic nitrogens is 1. The molecule has 27 N–H and O–H groups in total. The Hall–Kier alpha value is -11.8. The van der Waals surface area contributed by atoms with Crippen LogP contribution in [0.2, 0.25) is 0 Å². The maximum atomic E-state index is 14.3. The van der Waals surface area contributed by atoms with Gasteiger partial charge in [-0.2, -0.15) is 25.3 Å². The number of thiol groups is 2. The third-order valence-corrected chi connectivity index (χ3v) is 20.7. The summed E-state index contributed by atoms with van der Waals surface area (Å²) in [6.45, 7) is 10.0. The number of aliphatic hydroxyl groups is 2. The summed E-state index contributed by atoms with van der Waals surface area (Å²) < 4.78 is 0. The lowest BCUT2D eigenvalue weighted by atomic mass is 10.00. The maximum Gasteiger partial charge on any atom is 0.326 e. The number of nitrogens with two attached hydrogens (primary N) is 3. The molecule has 1 saturated heterocycles. The second kappa shape index (κ2) is 52.1. The van der Waals surface area contributed by atoms with E-state index in [2.05, 4.69) is 105 Å². The number of carbonyl (C=O) groups is 19. The highest BCUT2D eigenvalue weighted by atomic mass is 32.1. The fourth-order valence-electron chi connectivity index (χ4n) is 13.0. The number of para-hydroxylation sites is 1. The van der Waals surface area contributed by atoms with Gasteiger partial charge in [-0.15, -0.1) is 0 Å². The van der Waals surface area contributed by atoms with Crippen LogP contribution >= 0.6 is 25.3 Å². The second-order valence-corrected chi connectivity index (χ2v) is 32.1. The van der Waals surface area contributed by atoms with E-state index in [-0.39, 0.29) is 76.1 Å². The quantitative estimate of drug-likeness (QED) is 0.0185. The predicted molar refractivity (Wildman–Crippen MR) is 454 cm³/mol. The molecule has 0 radical (unpaired) electrons. The highest BCUT2D eigenvalue weighted by molar-refractivity contribution is 7.80. The Morgan fingerprint density at radius 3 is 1.49 bits per heavy atom. The molecule has 0 aliphatic carbocycles. The van der Waals surface area contributed by atoms with Gasteiger partial charge in [0.1, 0.15) is 84.3 Å². The minimum atomic E-state index is -1.99. The minimum absolute atomic E-state index is 0.0242. The van der Waals surface area contributed by atoms with Crippen LogP contribution in [0.4, 0.5) is 0 Å². The molecule has 3 aromatic rings. The minimum Gasteiger partial charge on any atom is -0.508 e. The van der Waals surface area contributed by atoms with E-state index >= 15 is 0 Å². The summed E-state index contributed by atoms with van der Waals surface area (Å²) in [6.07, 6.45) is -4.74. The van der Waals surface area contributed by atoms with Gasteiger partial charge in [-0.05, 0) is 119 Å². The molecule has 1 fully saturated rings. The van der Waals surface area contributed by atoms with E-state index in [9.17, 15) is 122 Å². The molecular weight excluding hydrogens is 1680 g/mol. The number of hydrogen-bond acceptors (Lipinski definition) is 26. The number of nitrogens with zero attached hydrogens (tertiary/aromatic N) is 1. The SMILES string of the molecule is CC(C)C[C@H](NC(=O)[C@@H]1CCCN1C(=O)[C@H](CCC(N)=O)NC(=O)[C@H](CS)NC(=O)[C@@H](NC(=O)[C@H](Cc1ccc(O)cc1)NC(=O)CNC(=O)CNC(=O)[C@@H](NC(=O)[C@@H](NC(=O)[C@H](CCCCN)NC(=O)[C@H](CCC(=O)O)NC(=O)[C@H](CS)NC(=O)[C@@H](NC(=O)[C@H](Cc1c[nH]c2ccccc12)NC(=O)[C@@H](N)CC(=O)O)C(C)C)[C@@H](C)O)[C@@H](C)O)C(C)C)C(=O)O. The van der Waals surface area contributed by atoms with Crippen LogP contribution in [-0.2, 0) is 104 Å². The number of fused-ring (bicyclic) bond motifs is 1. The number of nitrogens with one attached hydrogen (secondary N) is 15. The number of carbonyl (C=O) groups excluding carboxylic acids is 16. The number of phenols is 1. The monoisotopic (exact) mass is 1800 g/mol. The number of carboxylic acid groups (broad SMARTS) is 3. The number of amides is 16. The Bertz CT molecular complexity index is 4290. The standard InChI is InChI=1S/C79H119N19O25S2/c1-37(2)28-53(79(122)123)91-73(116)56-17-13-27-98(56)78(121)50(22-24-57(82)102)89-72(115)55(36-125)93-75(118)62(38(3)4)94-69(112)51(29-42-18-20-44(101)21-19-42)86-59(104)34-84-58(103)33-85-74(117)64(40(7)99)97-77(120)65(41(8)100)96-68(111)48(16-11-12-26-80)87-67(110)49(23-25-60(105)106)88-71(114)54(35-124)92-76(119)63(39(5)6)95-70(113)52(90-66(109)46(81)31-61(107)108)30-43-32-83-47-15-10-9-14-45(43)47/h9-10,14-15,18-21,32,37-41,46,48-56,62-65,83,99-101,124-125H,11-13,16-17,22-31,33-36,80-81H2,1-8H3,(H2,82,102)(H,84,103)(H,85,117)(H,86,104)(H,87,110)(H,88,114)(H,89,115)(H,90,109)(H,91,116)(H,92,119)(H,93,118)(H,94,112)(H,95,113)(H,96,111)(H,97,120)(H,105,106)(H,107,108)(H,122,123)/t40-,41-,46+,48+,49+,50+,51+,52+,53+,54+,55+,56+,62+,63+,64+,65+/m1/s1. The molecule has 692 valence electrons. The normalized spacial score (nSPS) is 16.1. The average Bonchev–Trinajstić information content (AvgIpc) is 1.58. The third-order valence-electron chi connectivity index (χ3n) is 19.9. The highest BCUT2D eigenvalue weighted by Crippen LogP contribution is 2.23.